The van der Waals surface area contributed by atoms with Gasteiger partial charge in [-0.1, -0.05) is 6.08 Å². The van der Waals surface area contributed by atoms with Crippen LogP contribution < -0.4 is 56.7 Å². The second-order valence-electron chi connectivity index (χ2n) is 5.33. The van der Waals surface area contributed by atoms with Crippen LogP contribution in [-0.4, -0.2) is 24.2 Å². The van der Waals surface area contributed by atoms with Crippen LogP contribution in [0.1, 0.15) is 34.6 Å². The summed E-state index contributed by atoms with van der Waals surface area (Å²) in [5.74, 6) is 0.150. The van der Waals surface area contributed by atoms with E-state index in [1.54, 1.807) is 20.8 Å². The van der Waals surface area contributed by atoms with Gasteiger partial charge in [0.25, 0.3) is 0 Å². The van der Waals surface area contributed by atoms with E-state index in [2.05, 4.69) is 5.32 Å². The van der Waals surface area contributed by atoms with E-state index >= 15 is 0 Å². The first kappa shape index (κ1) is 20.8. The number of hydrogen-bond acceptors (Lipinski definition) is 2. The van der Waals surface area contributed by atoms with Crippen molar-refractivity contribution < 1.29 is 73.9 Å². The minimum absolute atomic E-state index is 0. The Morgan fingerprint density at radius 2 is 1.61 bits per heavy atom. The van der Waals surface area contributed by atoms with Gasteiger partial charge in [0, 0.05) is 0 Å². The van der Waals surface area contributed by atoms with E-state index in [4.69, 9.17) is 4.74 Å². The van der Waals surface area contributed by atoms with Crippen LogP contribution in [0.25, 0.3) is 0 Å². The largest absolute Gasteiger partial charge is 1.00 e. The molecule has 0 aliphatic rings. The number of alkyl carbamates (subject to hydrolysis) is 1. The second kappa shape index (κ2) is 7.33. The van der Waals surface area contributed by atoms with Crippen molar-refractivity contribution in [2.75, 3.05) is 0 Å². The molecule has 0 aromatic carbocycles. The van der Waals surface area contributed by atoms with Crippen molar-refractivity contribution >= 4 is 13.1 Å². The van der Waals surface area contributed by atoms with Gasteiger partial charge < -0.3 is 23.0 Å². The van der Waals surface area contributed by atoms with E-state index in [0.29, 0.717) is 0 Å². The van der Waals surface area contributed by atoms with Crippen LogP contribution in [0.2, 0.25) is 0 Å². The molecule has 0 heterocycles. The van der Waals surface area contributed by atoms with Gasteiger partial charge in [-0.3, -0.25) is 0 Å². The van der Waals surface area contributed by atoms with E-state index in [0.717, 1.165) is 6.08 Å². The van der Waals surface area contributed by atoms with Gasteiger partial charge in [-0.05, 0) is 34.6 Å². The number of rotatable bonds is 3. The quantitative estimate of drug-likeness (QED) is 0.756. The first-order valence-corrected chi connectivity index (χ1v) is 5.22. The number of carbonyl (C=O) groups excluding carboxylic acids is 1. The molecule has 0 rings (SSSR count). The van der Waals surface area contributed by atoms with Gasteiger partial charge in [0.15, 0.2) is 0 Å². The summed E-state index contributed by atoms with van der Waals surface area (Å²) < 4.78 is 41.0. The molecule has 0 saturated carbocycles. The first-order chi connectivity index (χ1) is 7.31. The Morgan fingerprint density at radius 1 is 1.17 bits per heavy atom. The fraction of sp³-hybridized carbons (Fsp3) is 0.700. The molecule has 0 aromatic heterocycles. The van der Waals surface area contributed by atoms with Gasteiger partial charge in [-0.25, -0.2) is 4.79 Å². The molecule has 1 amide bonds. The van der Waals surface area contributed by atoms with Gasteiger partial charge in [0.2, 0.25) is 0 Å². The summed E-state index contributed by atoms with van der Waals surface area (Å²) in [6.45, 7) is 2.93. The molecule has 18 heavy (non-hydrogen) atoms. The number of ether oxygens (including phenoxy) is 1. The molecule has 0 aromatic rings. The van der Waals surface area contributed by atoms with Gasteiger partial charge in [0.05, 0.1) is 5.54 Å². The van der Waals surface area contributed by atoms with Gasteiger partial charge in [-0.2, -0.15) is 0 Å². The van der Waals surface area contributed by atoms with Crippen LogP contribution in [0.5, 0.6) is 0 Å². The molecule has 100 valence electrons. The van der Waals surface area contributed by atoms with Crippen molar-refractivity contribution in [3.05, 3.63) is 12.1 Å². The number of hydrogen-bond donors (Lipinski definition) is 1. The smallest absolute Gasteiger partial charge is 0.445 e. The fourth-order valence-corrected chi connectivity index (χ4v) is 0.958. The summed E-state index contributed by atoms with van der Waals surface area (Å²) in [7, 11) is 0. The third kappa shape index (κ3) is 12.9. The third-order valence-corrected chi connectivity index (χ3v) is 1.55. The Morgan fingerprint density at radius 3 is 1.94 bits per heavy atom. The van der Waals surface area contributed by atoms with Crippen molar-refractivity contribution in [3.63, 3.8) is 0 Å². The van der Waals surface area contributed by atoms with Crippen LogP contribution in [0.15, 0.2) is 12.1 Å². The summed E-state index contributed by atoms with van der Waals surface area (Å²) in [6, 6.07) is 0. The molecular formula is C10H18BF3KNO2. The second-order valence-corrected chi connectivity index (χ2v) is 5.33. The van der Waals surface area contributed by atoms with Crippen LogP contribution >= 0.6 is 0 Å². The van der Waals surface area contributed by atoms with Crippen molar-refractivity contribution in [1.29, 1.82) is 0 Å². The molecule has 1 N–H and O–H groups in total. The maximum absolute atomic E-state index is 12.0. The monoisotopic (exact) mass is 291 g/mol. The van der Waals surface area contributed by atoms with E-state index in [1.165, 1.54) is 13.8 Å². The van der Waals surface area contributed by atoms with Crippen molar-refractivity contribution in [3.8, 4) is 0 Å². The summed E-state index contributed by atoms with van der Waals surface area (Å²) >= 11 is 0. The number of carbonyl (C=O) groups is 1. The standard InChI is InChI=1S/C10H18BF3NO2.K/c1-9(2,3)17-8(16)15-10(4,5)6-7-11(12,13)14;/h6-7H,1-5H3,(H,15,16);/q-1;+1/b7-6+;. The Kier molecular flexibility index (Phi) is 8.47. The number of nitrogens with one attached hydrogen (secondary N) is 1. The third-order valence-electron chi connectivity index (χ3n) is 1.55. The Balaban J connectivity index is 0. The molecular weight excluding hydrogens is 273 g/mol. The molecule has 0 atom stereocenters. The topological polar surface area (TPSA) is 38.3 Å². The van der Waals surface area contributed by atoms with Crippen LogP contribution in [-0.2, 0) is 4.74 Å². The summed E-state index contributed by atoms with van der Waals surface area (Å²) in [5.41, 5.74) is -1.79. The Hall–Kier alpha value is 0.501. The van der Waals surface area contributed by atoms with E-state index in [-0.39, 0.29) is 57.4 Å². The predicted molar refractivity (Wildman–Crippen MR) is 61.7 cm³/mol. The maximum Gasteiger partial charge on any atom is 1.00 e. The molecule has 0 radical (unpaired) electrons. The van der Waals surface area contributed by atoms with Crippen molar-refractivity contribution in [2.45, 2.75) is 45.8 Å². The molecule has 8 heteroatoms. The average Bonchev–Trinajstić information content (AvgIpc) is 1.94. The summed E-state index contributed by atoms with van der Waals surface area (Å²) in [6.07, 6.45) is 0.151. The minimum Gasteiger partial charge on any atom is -0.445 e. The zero-order chi connectivity index (χ0) is 13.9. The SMILES string of the molecule is CC(C)(/C=C/[B-](F)(F)F)NC(=O)OC(C)(C)C.[K+]. The van der Waals surface area contributed by atoms with E-state index < -0.39 is 24.2 Å². The van der Waals surface area contributed by atoms with E-state index in [1.807, 2.05) is 0 Å². The molecule has 0 unspecified atom stereocenters. The normalized spacial score (nSPS) is 13.1. The van der Waals surface area contributed by atoms with Crippen molar-refractivity contribution in [1.82, 2.24) is 5.32 Å². The molecule has 3 nitrogen and oxygen atoms in total. The van der Waals surface area contributed by atoms with Crippen LogP contribution in [0, 0.1) is 0 Å². The zero-order valence-electron chi connectivity index (χ0n) is 11.7. The molecule has 0 spiro atoms. The first-order valence-electron chi connectivity index (χ1n) is 5.22. The maximum atomic E-state index is 12.0. The van der Waals surface area contributed by atoms with Gasteiger partial charge in [0.1, 0.15) is 5.60 Å². The minimum atomic E-state index is -5.00. The molecule has 0 bridgehead atoms. The van der Waals surface area contributed by atoms with Gasteiger partial charge >= 0.3 is 64.5 Å². The molecule has 0 aliphatic carbocycles. The summed E-state index contributed by atoms with van der Waals surface area (Å²) in [4.78, 5) is 11.4. The predicted octanol–water partition coefficient (Wildman–Crippen LogP) is 0.237. The molecule has 0 aliphatic heterocycles. The zero-order valence-corrected chi connectivity index (χ0v) is 14.8. The Bertz CT molecular complexity index is 311. The molecule has 0 fully saturated rings. The van der Waals surface area contributed by atoms with Crippen LogP contribution in [0.3, 0.4) is 0 Å². The number of halogens is 3. The Labute approximate surface area is 148 Å². The van der Waals surface area contributed by atoms with Crippen molar-refractivity contribution in [2.24, 2.45) is 0 Å². The average molecular weight is 291 g/mol. The number of amides is 1. The van der Waals surface area contributed by atoms with Gasteiger partial charge in [-0.15, -0.1) is 5.98 Å². The molecule has 0 saturated heterocycles. The summed E-state index contributed by atoms with van der Waals surface area (Å²) in [5, 5.41) is 2.35. The van der Waals surface area contributed by atoms with E-state index in [9.17, 15) is 17.7 Å². The fourth-order valence-electron chi connectivity index (χ4n) is 0.958. The van der Waals surface area contributed by atoms with Crippen LogP contribution in [0.4, 0.5) is 17.7 Å².